The summed E-state index contributed by atoms with van der Waals surface area (Å²) in [4.78, 5) is 0. The number of aryl methyl sites for hydroxylation is 1. The highest BCUT2D eigenvalue weighted by Gasteiger charge is 2.10. The van der Waals surface area contributed by atoms with Gasteiger partial charge in [0.1, 0.15) is 5.75 Å². The molecule has 0 spiro atoms. The summed E-state index contributed by atoms with van der Waals surface area (Å²) in [6, 6.07) is 12.7. The van der Waals surface area contributed by atoms with Gasteiger partial charge >= 0.3 is 0 Å². The average Bonchev–Trinajstić information content (AvgIpc) is 2.52. The van der Waals surface area contributed by atoms with Crippen molar-refractivity contribution in [3.63, 3.8) is 0 Å². The second-order valence-electron chi connectivity index (χ2n) is 4.84. The maximum absolute atomic E-state index is 10.2. The van der Waals surface area contributed by atoms with Gasteiger partial charge in [0.2, 0.25) is 0 Å². The van der Waals surface area contributed by atoms with E-state index in [2.05, 4.69) is 0 Å². The third-order valence-electron chi connectivity index (χ3n) is 3.43. The summed E-state index contributed by atoms with van der Waals surface area (Å²) in [5, 5.41) is 20.0. The molecule has 0 aliphatic rings. The summed E-state index contributed by atoms with van der Waals surface area (Å²) in [5.41, 5.74) is 1.78. The van der Waals surface area contributed by atoms with Crippen LogP contribution in [0.2, 0.25) is 0 Å². The first-order valence-corrected chi connectivity index (χ1v) is 6.82. The van der Waals surface area contributed by atoms with Crippen molar-refractivity contribution in [1.82, 2.24) is 0 Å². The van der Waals surface area contributed by atoms with Crippen molar-refractivity contribution in [3.05, 3.63) is 53.6 Å². The number of aliphatic hydroxyl groups is 1. The van der Waals surface area contributed by atoms with Gasteiger partial charge in [0.15, 0.2) is 11.5 Å². The minimum absolute atomic E-state index is 0.117. The van der Waals surface area contributed by atoms with E-state index < -0.39 is 6.10 Å². The van der Waals surface area contributed by atoms with Gasteiger partial charge in [0, 0.05) is 0 Å². The van der Waals surface area contributed by atoms with Crippen LogP contribution in [0, 0.1) is 0 Å². The van der Waals surface area contributed by atoms with E-state index in [1.165, 1.54) is 7.11 Å². The van der Waals surface area contributed by atoms with E-state index in [0.29, 0.717) is 18.6 Å². The van der Waals surface area contributed by atoms with Crippen LogP contribution in [-0.4, -0.2) is 24.4 Å². The molecule has 0 radical (unpaired) electrons. The predicted molar refractivity (Wildman–Crippen MR) is 80.9 cm³/mol. The average molecular weight is 288 g/mol. The zero-order chi connectivity index (χ0) is 15.2. The monoisotopic (exact) mass is 288 g/mol. The van der Waals surface area contributed by atoms with Gasteiger partial charge in [0.05, 0.1) is 20.3 Å². The second-order valence-corrected chi connectivity index (χ2v) is 4.84. The Bertz CT molecular complexity index is 595. The number of benzene rings is 2. The number of aliphatic hydroxyl groups excluding tert-OH is 1. The van der Waals surface area contributed by atoms with Gasteiger partial charge in [0.25, 0.3) is 0 Å². The third kappa shape index (κ3) is 3.89. The van der Waals surface area contributed by atoms with Crippen LogP contribution in [0.15, 0.2) is 42.5 Å². The Hall–Kier alpha value is -2.20. The van der Waals surface area contributed by atoms with Gasteiger partial charge in [-0.2, -0.15) is 0 Å². The Labute approximate surface area is 124 Å². The second kappa shape index (κ2) is 6.99. The number of phenols is 1. The maximum Gasteiger partial charge on any atom is 0.160 e. The first kappa shape index (κ1) is 15.2. The predicted octanol–water partition coefficient (Wildman–Crippen LogP) is 3.08. The van der Waals surface area contributed by atoms with Gasteiger partial charge < -0.3 is 19.7 Å². The molecular formula is C17H20O4. The van der Waals surface area contributed by atoms with Gasteiger partial charge in [-0.15, -0.1) is 0 Å². The molecule has 0 aromatic heterocycles. The summed E-state index contributed by atoms with van der Waals surface area (Å²) in [7, 11) is 3.12. The molecule has 0 fully saturated rings. The molecule has 0 saturated carbocycles. The number of hydrogen-bond acceptors (Lipinski definition) is 4. The number of phenolic OH excluding ortho intramolecular Hbond substituents is 1. The first-order chi connectivity index (χ1) is 10.1. The Kier molecular flexibility index (Phi) is 5.06. The van der Waals surface area contributed by atoms with Crippen molar-refractivity contribution < 1.29 is 19.7 Å². The molecular weight excluding hydrogens is 268 g/mol. The summed E-state index contributed by atoms with van der Waals surface area (Å²) < 4.78 is 10.2. The number of ether oxygens (including phenoxy) is 2. The molecule has 4 heteroatoms. The van der Waals surface area contributed by atoms with Crippen molar-refractivity contribution in [2.45, 2.75) is 18.9 Å². The topological polar surface area (TPSA) is 58.9 Å². The van der Waals surface area contributed by atoms with Crippen molar-refractivity contribution in [2.24, 2.45) is 0 Å². The van der Waals surface area contributed by atoms with Crippen LogP contribution < -0.4 is 9.47 Å². The number of aromatic hydroxyl groups is 1. The van der Waals surface area contributed by atoms with Gasteiger partial charge in [-0.1, -0.05) is 18.2 Å². The zero-order valence-corrected chi connectivity index (χ0v) is 12.2. The first-order valence-electron chi connectivity index (χ1n) is 6.82. The highest BCUT2D eigenvalue weighted by atomic mass is 16.5. The lowest BCUT2D eigenvalue weighted by atomic mass is 10.0. The molecule has 0 amide bonds. The van der Waals surface area contributed by atoms with Crippen molar-refractivity contribution >= 4 is 0 Å². The van der Waals surface area contributed by atoms with Crippen LogP contribution >= 0.6 is 0 Å². The lowest BCUT2D eigenvalue weighted by molar-refractivity contribution is 0.167. The molecule has 2 N–H and O–H groups in total. The highest BCUT2D eigenvalue weighted by Crippen LogP contribution is 2.28. The van der Waals surface area contributed by atoms with Gasteiger partial charge in [-0.25, -0.2) is 0 Å². The summed E-state index contributed by atoms with van der Waals surface area (Å²) in [6.45, 7) is 0. The van der Waals surface area contributed by atoms with Crippen LogP contribution in [0.1, 0.15) is 23.7 Å². The standard InChI is InChI=1S/C17H20O4/c1-20-14-5-3-4-13(11-14)15(18)8-6-12-7-9-17(21-2)16(19)10-12/h3-5,7,9-11,15,18-19H,6,8H2,1-2H3. The maximum atomic E-state index is 10.2. The molecule has 1 unspecified atom stereocenters. The van der Waals surface area contributed by atoms with E-state index in [1.807, 2.05) is 30.3 Å². The fourth-order valence-corrected chi connectivity index (χ4v) is 2.21. The fraction of sp³-hybridized carbons (Fsp3) is 0.294. The van der Waals surface area contributed by atoms with Crippen LogP contribution in [-0.2, 0) is 6.42 Å². The van der Waals surface area contributed by atoms with Crippen LogP contribution in [0.5, 0.6) is 17.2 Å². The highest BCUT2D eigenvalue weighted by molar-refractivity contribution is 5.41. The molecule has 2 rings (SSSR count). The molecule has 0 heterocycles. The zero-order valence-electron chi connectivity index (χ0n) is 12.2. The number of rotatable bonds is 6. The summed E-state index contributed by atoms with van der Waals surface area (Å²) in [5.74, 6) is 1.30. The van der Waals surface area contributed by atoms with Crippen LogP contribution in [0.4, 0.5) is 0 Å². The molecule has 0 aliphatic heterocycles. The van der Waals surface area contributed by atoms with E-state index in [1.54, 1.807) is 19.2 Å². The van der Waals surface area contributed by atoms with Crippen molar-refractivity contribution in [2.75, 3.05) is 14.2 Å². The van der Waals surface area contributed by atoms with Crippen molar-refractivity contribution in [3.8, 4) is 17.2 Å². The van der Waals surface area contributed by atoms with Crippen molar-refractivity contribution in [1.29, 1.82) is 0 Å². The van der Waals surface area contributed by atoms with Gasteiger partial charge in [-0.05, 0) is 48.2 Å². The molecule has 0 aliphatic carbocycles. The largest absolute Gasteiger partial charge is 0.504 e. The minimum atomic E-state index is -0.565. The molecule has 112 valence electrons. The smallest absolute Gasteiger partial charge is 0.160 e. The Morgan fingerprint density at radius 2 is 1.86 bits per heavy atom. The lowest BCUT2D eigenvalue weighted by Crippen LogP contribution is -2.00. The van der Waals surface area contributed by atoms with E-state index in [9.17, 15) is 10.2 Å². The third-order valence-corrected chi connectivity index (χ3v) is 3.43. The molecule has 0 bridgehead atoms. The lowest BCUT2D eigenvalue weighted by Gasteiger charge is -2.12. The number of methoxy groups -OCH3 is 2. The molecule has 4 nitrogen and oxygen atoms in total. The van der Waals surface area contributed by atoms with Gasteiger partial charge in [-0.3, -0.25) is 0 Å². The quantitative estimate of drug-likeness (QED) is 0.857. The molecule has 1 atom stereocenters. The molecule has 21 heavy (non-hydrogen) atoms. The van der Waals surface area contributed by atoms with Crippen LogP contribution in [0.25, 0.3) is 0 Å². The van der Waals surface area contributed by atoms with E-state index >= 15 is 0 Å². The SMILES string of the molecule is COc1cccc(C(O)CCc2ccc(OC)c(O)c2)c1. The molecule has 0 saturated heterocycles. The van der Waals surface area contributed by atoms with Crippen LogP contribution in [0.3, 0.4) is 0 Å². The van der Waals surface area contributed by atoms with E-state index in [4.69, 9.17) is 9.47 Å². The Morgan fingerprint density at radius 3 is 2.52 bits per heavy atom. The molecule has 2 aromatic carbocycles. The number of hydrogen-bond donors (Lipinski definition) is 2. The normalized spacial score (nSPS) is 12.0. The Morgan fingerprint density at radius 1 is 1.05 bits per heavy atom. The van der Waals surface area contributed by atoms with E-state index in [0.717, 1.165) is 16.9 Å². The summed E-state index contributed by atoms with van der Waals surface area (Å²) >= 11 is 0. The van der Waals surface area contributed by atoms with E-state index in [-0.39, 0.29) is 5.75 Å². The fourth-order valence-electron chi connectivity index (χ4n) is 2.21. The minimum Gasteiger partial charge on any atom is -0.504 e. The summed E-state index contributed by atoms with van der Waals surface area (Å²) in [6.07, 6.45) is 0.666. The Balaban J connectivity index is 2.00. The molecule has 2 aromatic rings.